The monoisotopic (exact) mass is 349 g/mol. The van der Waals surface area contributed by atoms with Crippen LogP contribution in [-0.4, -0.2) is 4.98 Å². The first-order valence-electron chi connectivity index (χ1n) is 9.36. The van der Waals surface area contributed by atoms with Crippen molar-refractivity contribution < 1.29 is 4.57 Å². The van der Waals surface area contributed by atoms with Gasteiger partial charge in [0.15, 0.2) is 6.20 Å². The average molecular weight is 349 g/mol. The Bertz CT molecular complexity index is 1220. The fraction of sp³-hybridized carbons (Fsp3) is 0.120. The van der Waals surface area contributed by atoms with Gasteiger partial charge in [-0.05, 0) is 41.6 Å². The molecule has 1 aliphatic rings. The van der Waals surface area contributed by atoms with E-state index in [0.717, 1.165) is 17.7 Å². The maximum atomic E-state index is 5.03. The van der Waals surface area contributed by atoms with Crippen LogP contribution in [0.3, 0.4) is 0 Å². The molecule has 0 fully saturated rings. The number of rotatable bonds is 2. The van der Waals surface area contributed by atoms with Gasteiger partial charge in [0.05, 0.1) is 11.4 Å². The Morgan fingerprint density at radius 3 is 2.78 bits per heavy atom. The molecule has 0 saturated heterocycles. The third-order valence-corrected chi connectivity index (χ3v) is 5.44. The van der Waals surface area contributed by atoms with Crippen LogP contribution in [0.15, 0.2) is 72.9 Å². The summed E-state index contributed by atoms with van der Waals surface area (Å²) in [6.07, 6.45) is 7.40. The molecule has 0 radical (unpaired) electrons. The van der Waals surface area contributed by atoms with E-state index in [1.807, 2.05) is 0 Å². The third-order valence-electron chi connectivity index (χ3n) is 5.44. The summed E-state index contributed by atoms with van der Waals surface area (Å²) >= 11 is 0. The van der Waals surface area contributed by atoms with Crippen molar-refractivity contribution in [2.24, 2.45) is 7.05 Å². The molecule has 0 amide bonds. The first kappa shape index (κ1) is 16.0. The summed E-state index contributed by atoms with van der Waals surface area (Å²) in [5, 5.41) is 2.56. The van der Waals surface area contributed by atoms with E-state index in [-0.39, 0.29) is 0 Å². The summed E-state index contributed by atoms with van der Waals surface area (Å²) in [4.78, 5) is 5.03. The highest BCUT2D eigenvalue weighted by Crippen LogP contribution is 2.32. The number of hydrogen-bond acceptors (Lipinski definition) is 1. The number of aryl methyl sites for hydroxylation is 2. The first-order valence-corrected chi connectivity index (χ1v) is 9.36. The van der Waals surface area contributed by atoms with E-state index in [9.17, 15) is 0 Å². The number of allylic oxidation sites excluding steroid dienone is 1. The Kier molecular flexibility index (Phi) is 3.64. The highest BCUT2D eigenvalue weighted by molar-refractivity contribution is 5.96. The standard InChI is InChI=1S/C25H21N2/c1-17-12-13-19(15-21(17)24-11-3-4-14-27(24)2)23-16-20-9-5-7-18-8-6-10-22(26-23)25(18)20/h3-9,11-16H,10H2,1-2H3/q+1. The van der Waals surface area contributed by atoms with Crippen LogP contribution in [0, 0.1) is 6.92 Å². The van der Waals surface area contributed by atoms with Crippen molar-refractivity contribution in [3.8, 4) is 22.5 Å². The molecule has 2 aromatic carbocycles. The molecule has 2 heterocycles. The van der Waals surface area contributed by atoms with E-state index in [1.165, 1.54) is 38.9 Å². The van der Waals surface area contributed by atoms with E-state index in [0.29, 0.717) is 0 Å². The van der Waals surface area contributed by atoms with Gasteiger partial charge >= 0.3 is 0 Å². The van der Waals surface area contributed by atoms with Gasteiger partial charge in [-0.3, -0.25) is 4.98 Å². The Morgan fingerprint density at radius 1 is 0.963 bits per heavy atom. The van der Waals surface area contributed by atoms with Crippen LogP contribution in [0.2, 0.25) is 0 Å². The SMILES string of the molecule is Cc1ccc(-c2cc3cccc4c3c(n2)CC=C4)cc1-c1cccc[n+]1C. The molecule has 0 atom stereocenters. The van der Waals surface area contributed by atoms with E-state index in [1.54, 1.807) is 0 Å². The molecule has 2 aromatic heterocycles. The Hall–Kier alpha value is -3.26. The molecule has 0 aliphatic heterocycles. The minimum Gasteiger partial charge on any atom is -0.252 e. The van der Waals surface area contributed by atoms with Crippen molar-refractivity contribution in [3.05, 3.63) is 89.8 Å². The number of hydrogen-bond donors (Lipinski definition) is 0. The average Bonchev–Trinajstić information content (AvgIpc) is 2.69. The zero-order chi connectivity index (χ0) is 18.4. The summed E-state index contributed by atoms with van der Waals surface area (Å²) in [7, 11) is 2.09. The molecule has 1 aliphatic carbocycles. The molecule has 2 heteroatoms. The normalized spacial score (nSPS) is 12.5. The minimum absolute atomic E-state index is 0.897. The summed E-state index contributed by atoms with van der Waals surface area (Å²) in [6, 6.07) is 21.7. The van der Waals surface area contributed by atoms with Crippen LogP contribution >= 0.6 is 0 Å². The number of nitrogens with zero attached hydrogens (tertiary/aromatic N) is 2. The molecule has 27 heavy (non-hydrogen) atoms. The third kappa shape index (κ3) is 2.65. The summed E-state index contributed by atoms with van der Waals surface area (Å²) in [5.41, 5.74) is 8.39. The molecule has 0 bridgehead atoms. The highest BCUT2D eigenvalue weighted by atomic mass is 14.9. The first-order chi connectivity index (χ1) is 13.2. The van der Waals surface area contributed by atoms with Gasteiger partial charge in [0.2, 0.25) is 5.69 Å². The van der Waals surface area contributed by atoms with E-state index >= 15 is 0 Å². The van der Waals surface area contributed by atoms with Gasteiger partial charge in [0.1, 0.15) is 7.05 Å². The second-order valence-corrected chi connectivity index (χ2v) is 7.23. The Balaban J connectivity index is 1.71. The van der Waals surface area contributed by atoms with Gasteiger partial charge in [-0.1, -0.05) is 42.5 Å². The van der Waals surface area contributed by atoms with Crippen LogP contribution < -0.4 is 4.57 Å². The van der Waals surface area contributed by atoms with Gasteiger partial charge in [-0.25, -0.2) is 4.57 Å². The number of pyridine rings is 2. The molecule has 0 unspecified atom stereocenters. The van der Waals surface area contributed by atoms with Gasteiger partial charge in [-0.2, -0.15) is 0 Å². The van der Waals surface area contributed by atoms with Crippen molar-refractivity contribution >= 4 is 16.8 Å². The second kappa shape index (κ2) is 6.17. The lowest BCUT2D eigenvalue weighted by molar-refractivity contribution is -0.660. The van der Waals surface area contributed by atoms with E-state index in [4.69, 9.17) is 4.98 Å². The molecule has 0 N–H and O–H groups in total. The molecule has 0 spiro atoms. The maximum absolute atomic E-state index is 5.03. The maximum Gasteiger partial charge on any atom is 0.212 e. The summed E-state index contributed by atoms with van der Waals surface area (Å²) in [5.74, 6) is 0. The molecule has 4 aromatic rings. The van der Waals surface area contributed by atoms with Crippen molar-refractivity contribution in [1.82, 2.24) is 4.98 Å². The molecule has 2 nitrogen and oxygen atoms in total. The largest absolute Gasteiger partial charge is 0.252 e. The highest BCUT2D eigenvalue weighted by Gasteiger charge is 2.15. The van der Waals surface area contributed by atoms with Gasteiger partial charge < -0.3 is 0 Å². The van der Waals surface area contributed by atoms with Gasteiger partial charge in [0.25, 0.3) is 0 Å². The number of benzene rings is 2. The smallest absolute Gasteiger partial charge is 0.212 e. The predicted octanol–water partition coefficient (Wildman–Crippen LogP) is 5.27. The summed E-state index contributed by atoms with van der Waals surface area (Å²) < 4.78 is 2.17. The van der Waals surface area contributed by atoms with E-state index in [2.05, 4.69) is 97.6 Å². The second-order valence-electron chi connectivity index (χ2n) is 7.23. The van der Waals surface area contributed by atoms with Gasteiger partial charge in [0, 0.05) is 35.1 Å². The van der Waals surface area contributed by atoms with Crippen LogP contribution in [-0.2, 0) is 13.5 Å². The van der Waals surface area contributed by atoms with Crippen molar-refractivity contribution in [1.29, 1.82) is 0 Å². The molecule has 130 valence electrons. The molecular weight excluding hydrogens is 328 g/mol. The van der Waals surface area contributed by atoms with Crippen molar-refractivity contribution in [2.45, 2.75) is 13.3 Å². The Labute approximate surface area is 159 Å². The lowest BCUT2D eigenvalue weighted by Crippen LogP contribution is -2.30. The predicted molar refractivity (Wildman–Crippen MR) is 111 cm³/mol. The van der Waals surface area contributed by atoms with Crippen molar-refractivity contribution in [2.75, 3.05) is 0 Å². The van der Waals surface area contributed by atoms with Crippen LogP contribution in [0.25, 0.3) is 39.4 Å². The van der Waals surface area contributed by atoms with Crippen LogP contribution in [0.4, 0.5) is 0 Å². The summed E-state index contributed by atoms with van der Waals surface area (Å²) in [6.45, 7) is 2.17. The quantitative estimate of drug-likeness (QED) is 0.450. The molecule has 5 rings (SSSR count). The zero-order valence-electron chi connectivity index (χ0n) is 15.6. The van der Waals surface area contributed by atoms with Crippen molar-refractivity contribution in [3.63, 3.8) is 0 Å². The minimum atomic E-state index is 0.897. The van der Waals surface area contributed by atoms with Crippen LogP contribution in [0.5, 0.6) is 0 Å². The lowest BCUT2D eigenvalue weighted by atomic mass is 9.94. The fourth-order valence-corrected chi connectivity index (χ4v) is 4.02. The van der Waals surface area contributed by atoms with Gasteiger partial charge in [-0.15, -0.1) is 0 Å². The van der Waals surface area contributed by atoms with Crippen LogP contribution in [0.1, 0.15) is 16.8 Å². The fourth-order valence-electron chi connectivity index (χ4n) is 4.02. The Morgan fingerprint density at radius 2 is 1.89 bits per heavy atom. The topological polar surface area (TPSA) is 16.8 Å². The van der Waals surface area contributed by atoms with E-state index < -0.39 is 0 Å². The number of aromatic nitrogens is 2. The molecular formula is C25H21N2+. The zero-order valence-corrected chi connectivity index (χ0v) is 15.6. The lowest BCUT2D eigenvalue weighted by Gasteiger charge is -2.14. The molecule has 0 saturated carbocycles.